The number of hydrogen-bond acceptors (Lipinski definition) is 5. The SMILES string of the molecule is CC(=O)NCC(=O)N1CC[C@H](Oc2ccccc2)[C@@H](CC(=O)N2CCN(C)CC2)C1. The number of carbonyl (C=O) groups is 3. The van der Waals surface area contributed by atoms with Gasteiger partial charge in [0.2, 0.25) is 17.7 Å². The minimum absolute atomic E-state index is 0.0152. The van der Waals surface area contributed by atoms with Gasteiger partial charge in [-0.2, -0.15) is 0 Å². The van der Waals surface area contributed by atoms with Gasteiger partial charge in [-0.05, 0) is 19.2 Å². The zero-order valence-corrected chi connectivity index (χ0v) is 17.9. The Labute approximate surface area is 178 Å². The first-order valence-corrected chi connectivity index (χ1v) is 10.6. The molecular formula is C22H32N4O4. The lowest BCUT2D eigenvalue weighted by atomic mass is 9.90. The van der Waals surface area contributed by atoms with E-state index in [1.807, 2.05) is 35.2 Å². The average molecular weight is 417 g/mol. The Kier molecular flexibility index (Phi) is 7.68. The van der Waals surface area contributed by atoms with Gasteiger partial charge in [0.15, 0.2) is 0 Å². The molecule has 3 rings (SSSR count). The third-order valence-electron chi connectivity index (χ3n) is 5.83. The number of para-hydroxylation sites is 1. The number of amides is 3. The van der Waals surface area contributed by atoms with E-state index in [-0.39, 0.29) is 36.3 Å². The molecule has 0 unspecified atom stereocenters. The van der Waals surface area contributed by atoms with E-state index in [0.717, 1.165) is 31.9 Å². The number of likely N-dealkylation sites (tertiary alicyclic amines) is 1. The zero-order chi connectivity index (χ0) is 21.5. The molecule has 2 aliphatic heterocycles. The normalized spacial score (nSPS) is 22.5. The van der Waals surface area contributed by atoms with Gasteiger partial charge in [-0.25, -0.2) is 0 Å². The monoisotopic (exact) mass is 416 g/mol. The van der Waals surface area contributed by atoms with E-state index in [1.54, 1.807) is 4.90 Å². The first-order chi connectivity index (χ1) is 14.4. The number of ether oxygens (including phenoxy) is 1. The lowest BCUT2D eigenvalue weighted by Crippen LogP contribution is -2.52. The van der Waals surface area contributed by atoms with Crippen LogP contribution in [0.5, 0.6) is 5.75 Å². The molecule has 164 valence electrons. The van der Waals surface area contributed by atoms with Gasteiger partial charge in [-0.1, -0.05) is 18.2 Å². The first kappa shape index (κ1) is 22.1. The minimum atomic E-state index is -0.229. The maximum Gasteiger partial charge on any atom is 0.241 e. The van der Waals surface area contributed by atoms with E-state index < -0.39 is 0 Å². The molecule has 30 heavy (non-hydrogen) atoms. The van der Waals surface area contributed by atoms with Gasteiger partial charge >= 0.3 is 0 Å². The van der Waals surface area contributed by atoms with Gasteiger partial charge in [0.25, 0.3) is 0 Å². The van der Waals surface area contributed by atoms with Crippen LogP contribution >= 0.6 is 0 Å². The van der Waals surface area contributed by atoms with Crippen LogP contribution in [-0.2, 0) is 14.4 Å². The number of rotatable bonds is 6. The molecule has 2 heterocycles. The summed E-state index contributed by atoms with van der Waals surface area (Å²) in [5.74, 6) is 0.448. The number of likely N-dealkylation sites (N-methyl/N-ethyl adjacent to an activating group) is 1. The molecule has 2 fully saturated rings. The fraction of sp³-hybridized carbons (Fsp3) is 0.591. The number of nitrogens with one attached hydrogen (secondary N) is 1. The number of piperidine rings is 1. The van der Waals surface area contributed by atoms with E-state index in [0.29, 0.717) is 25.9 Å². The zero-order valence-electron chi connectivity index (χ0n) is 17.9. The van der Waals surface area contributed by atoms with Crippen LogP contribution in [-0.4, -0.2) is 91.4 Å². The number of benzene rings is 1. The van der Waals surface area contributed by atoms with E-state index in [4.69, 9.17) is 4.74 Å². The van der Waals surface area contributed by atoms with Crippen LogP contribution in [0.4, 0.5) is 0 Å². The summed E-state index contributed by atoms with van der Waals surface area (Å²) in [4.78, 5) is 42.5. The summed E-state index contributed by atoms with van der Waals surface area (Å²) in [5.41, 5.74) is 0. The molecule has 0 radical (unpaired) electrons. The van der Waals surface area contributed by atoms with Crippen LogP contribution in [0.15, 0.2) is 30.3 Å². The molecule has 3 amide bonds. The Morgan fingerprint density at radius 2 is 1.70 bits per heavy atom. The van der Waals surface area contributed by atoms with Gasteiger partial charge < -0.3 is 24.8 Å². The summed E-state index contributed by atoms with van der Waals surface area (Å²) >= 11 is 0. The Hall–Kier alpha value is -2.61. The standard InChI is InChI=1S/C22H32N4O4/c1-17(27)23-15-22(29)26-9-8-20(30-19-6-4-3-5-7-19)18(16-26)14-21(28)25-12-10-24(2)11-13-25/h3-7,18,20H,8-16H2,1-2H3,(H,23,27)/t18-,20-/m0/s1. The molecule has 8 heteroatoms. The van der Waals surface area contributed by atoms with Gasteiger partial charge in [0.05, 0.1) is 6.54 Å². The summed E-state index contributed by atoms with van der Waals surface area (Å²) in [6.07, 6.45) is 0.876. The van der Waals surface area contributed by atoms with E-state index in [1.165, 1.54) is 6.92 Å². The van der Waals surface area contributed by atoms with Crippen LogP contribution < -0.4 is 10.1 Å². The van der Waals surface area contributed by atoms with E-state index in [9.17, 15) is 14.4 Å². The second-order valence-electron chi connectivity index (χ2n) is 8.16. The van der Waals surface area contributed by atoms with E-state index >= 15 is 0 Å². The van der Waals surface area contributed by atoms with Crippen molar-refractivity contribution >= 4 is 17.7 Å². The Bertz CT molecular complexity index is 734. The maximum absolute atomic E-state index is 13.0. The van der Waals surface area contributed by atoms with Crippen molar-refractivity contribution in [1.82, 2.24) is 20.0 Å². The second-order valence-corrected chi connectivity index (χ2v) is 8.16. The van der Waals surface area contributed by atoms with Crippen LogP contribution in [0.25, 0.3) is 0 Å². The van der Waals surface area contributed by atoms with Crippen molar-refractivity contribution in [3.8, 4) is 5.75 Å². The topological polar surface area (TPSA) is 82.2 Å². The third-order valence-corrected chi connectivity index (χ3v) is 5.83. The highest BCUT2D eigenvalue weighted by molar-refractivity contribution is 5.84. The van der Waals surface area contributed by atoms with E-state index in [2.05, 4.69) is 17.3 Å². The van der Waals surface area contributed by atoms with Crippen LogP contribution in [0, 0.1) is 5.92 Å². The van der Waals surface area contributed by atoms with Crippen LogP contribution in [0.1, 0.15) is 19.8 Å². The fourth-order valence-electron chi connectivity index (χ4n) is 3.98. The van der Waals surface area contributed by atoms with Crippen molar-refractivity contribution in [3.05, 3.63) is 30.3 Å². The van der Waals surface area contributed by atoms with Crippen molar-refractivity contribution in [2.24, 2.45) is 5.92 Å². The highest BCUT2D eigenvalue weighted by Crippen LogP contribution is 2.26. The Balaban J connectivity index is 1.65. The number of carbonyl (C=O) groups excluding carboxylic acids is 3. The highest BCUT2D eigenvalue weighted by atomic mass is 16.5. The van der Waals surface area contributed by atoms with Gasteiger partial charge in [0, 0.05) is 65.0 Å². The molecule has 2 aliphatic rings. The molecule has 0 aliphatic carbocycles. The molecule has 0 spiro atoms. The van der Waals surface area contributed by atoms with Crippen molar-refractivity contribution in [2.45, 2.75) is 25.9 Å². The fourth-order valence-corrected chi connectivity index (χ4v) is 3.98. The van der Waals surface area contributed by atoms with Gasteiger partial charge in [0.1, 0.15) is 11.9 Å². The predicted octanol–water partition coefficient (Wildman–Crippen LogP) is 0.583. The molecule has 2 atom stereocenters. The largest absolute Gasteiger partial charge is 0.490 e. The molecule has 0 aromatic heterocycles. The maximum atomic E-state index is 13.0. The van der Waals surface area contributed by atoms with Gasteiger partial charge in [-0.15, -0.1) is 0 Å². The summed E-state index contributed by atoms with van der Waals surface area (Å²) in [6.45, 7) is 5.60. The Morgan fingerprint density at radius 3 is 2.37 bits per heavy atom. The Morgan fingerprint density at radius 1 is 1.00 bits per heavy atom. The van der Waals surface area contributed by atoms with Gasteiger partial charge in [-0.3, -0.25) is 14.4 Å². The molecular weight excluding hydrogens is 384 g/mol. The van der Waals surface area contributed by atoms with Crippen molar-refractivity contribution in [3.63, 3.8) is 0 Å². The summed E-state index contributed by atoms with van der Waals surface area (Å²) < 4.78 is 6.21. The van der Waals surface area contributed by atoms with Crippen molar-refractivity contribution < 1.29 is 19.1 Å². The number of nitrogens with zero attached hydrogens (tertiary/aromatic N) is 3. The number of piperazine rings is 1. The molecule has 1 N–H and O–H groups in total. The molecule has 8 nitrogen and oxygen atoms in total. The lowest BCUT2D eigenvalue weighted by Gasteiger charge is -2.40. The lowest BCUT2D eigenvalue weighted by molar-refractivity contribution is -0.140. The number of hydrogen-bond donors (Lipinski definition) is 1. The third kappa shape index (κ3) is 6.19. The second kappa shape index (κ2) is 10.4. The van der Waals surface area contributed by atoms with Crippen LogP contribution in [0.3, 0.4) is 0 Å². The smallest absolute Gasteiger partial charge is 0.241 e. The molecule has 1 aromatic rings. The summed E-state index contributed by atoms with van der Waals surface area (Å²) in [7, 11) is 2.06. The quantitative estimate of drug-likeness (QED) is 0.734. The summed E-state index contributed by atoms with van der Waals surface area (Å²) in [6, 6.07) is 9.60. The summed E-state index contributed by atoms with van der Waals surface area (Å²) in [5, 5.41) is 2.56. The van der Waals surface area contributed by atoms with Crippen LogP contribution in [0.2, 0.25) is 0 Å². The average Bonchev–Trinajstić information content (AvgIpc) is 2.74. The first-order valence-electron chi connectivity index (χ1n) is 10.6. The molecule has 0 saturated carbocycles. The van der Waals surface area contributed by atoms with Crippen molar-refractivity contribution in [2.75, 3.05) is 52.9 Å². The highest BCUT2D eigenvalue weighted by Gasteiger charge is 2.35. The molecule has 2 saturated heterocycles. The predicted molar refractivity (Wildman–Crippen MR) is 113 cm³/mol. The van der Waals surface area contributed by atoms with Crippen molar-refractivity contribution in [1.29, 1.82) is 0 Å². The molecule has 1 aromatic carbocycles. The minimum Gasteiger partial charge on any atom is -0.490 e. The molecule has 0 bridgehead atoms.